The Hall–Kier alpha value is -1.24. The van der Waals surface area contributed by atoms with E-state index in [2.05, 4.69) is 14.9 Å². The van der Waals surface area contributed by atoms with Crippen LogP contribution >= 0.6 is 11.8 Å². The number of methoxy groups -OCH3 is 1. The summed E-state index contributed by atoms with van der Waals surface area (Å²) in [5.41, 5.74) is 2.01. The van der Waals surface area contributed by atoms with Gasteiger partial charge >= 0.3 is 0 Å². The molecule has 0 atom stereocenters. The molecule has 0 saturated carbocycles. The molecule has 0 bridgehead atoms. The van der Waals surface area contributed by atoms with E-state index >= 15 is 0 Å². The zero-order valence-corrected chi connectivity index (χ0v) is 12.4. The number of aromatic amines is 1. The molecule has 1 fully saturated rings. The van der Waals surface area contributed by atoms with Gasteiger partial charge in [-0.15, -0.1) is 0 Å². The summed E-state index contributed by atoms with van der Waals surface area (Å²) >= 11 is 1.76. The third-order valence-corrected chi connectivity index (χ3v) is 4.27. The van der Waals surface area contributed by atoms with Crippen LogP contribution in [0.4, 0.5) is 0 Å². The lowest BCUT2D eigenvalue weighted by atomic mass is 10.3. The highest BCUT2D eigenvalue weighted by molar-refractivity contribution is 7.99. The molecule has 1 aromatic carbocycles. The van der Waals surface area contributed by atoms with Crippen LogP contribution in [-0.4, -0.2) is 60.6 Å². The second-order valence-corrected chi connectivity index (χ2v) is 5.81. The van der Waals surface area contributed by atoms with Crippen LogP contribution in [-0.2, 0) is 4.74 Å². The number of nitrogens with one attached hydrogen (secondary N) is 1. The first-order chi connectivity index (χ1) is 9.85. The number of fused-ring (bicyclic) bond motifs is 1. The van der Waals surface area contributed by atoms with Gasteiger partial charge in [-0.1, -0.05) is 11.8 Å². The fourth-order valence-electron chi connectivity index (χ4n) is 2.26. The molecule has 1 aliphatic heterocycles. The minimum atomic E-state index is 0.853. The van der Waals surface area contributed by atoms with Crippen molar-refractivity contribution in [1.82, 2.24) is 14.9 Å². The Morgan fingerprint density at radius 2 is 2.25 bits per heavy atom. The van der Waals surface area contributed by atoms with Gasteiger partial charge in [-0.05, 0) is 12.1 Å². The van der Waals surface area contributed by atoms with Crippen molar-refractivity contribution in [2.24, 2.45) is 0 Å². The molecule has 5 nitrogen and oxygen atoms in total. The predicted octanol–water partition coefficient (Wildman–Crippen LogP) is 2.00. The lowest BCUT2D eigenvalue weighted by molar-refractivity contribution is 0.0410. The fraction of sp³-hybridized carbons (Fsp3) is 0.500. The smallest absolute Gasteiger partial charge is 0.166 e. The Kier molecular flexibility index (Phi) is 4.44. The highest BCUT2D eigenvalue weighted by Crippen LogP contribution is 2.23. The molecular weight excluding hydrogens is 274 g/mol. The standard InChI is InChI=1S/C14H19N3O2S/c1-18-11-2-3-12-13(10-11)16-14(15-12)20-9-6-17-4-7-19-8-5-17/h2-3,10H,4-9H2,1H3,(H,15,16). The number of hydrogen-bond acceptors (Lipinski definition) is 5. The summed E-state index contributed by atoms with van der Waals surface area (Å²) < 4.78 is 10.6. The average Bonchev–Trinajstić information content (AvgIpc) is 2.90. The molecule has 3 rings (SSSR count). The largest absolute Gasteiger partial charge is 0.497 e. The molecule has 0 radical (unpaired) electrons. The number of ether oxygens (including phenoxy) is 2. The maximum atomic E-state index is 5.35. The van der Waals surface area contributed by atoms with Crippen molar-refractivity contribution in [3.63, 3.8) is 0 Å². The Bertz CT molecular complexity index is 567. The number of benzene rings is 1. The van der Waals surface area contributed by atoms with Crippen molar-refractivity contribution >= 4 is 22.8 Å². The monoisotopic (exact) mass is 293 g/mol. The van der Waals surface area contributed by atoms with Crippen LogP contribution in [0.5, 0.6) is 5.75 Å². The number of hydrogen-bond donors (Lipinski definition) is 1. The second-order valence-electron chi connectivity index (χ2n) is 4.73. The van der Waals surface area contributed by atoms with Gasteiger partial charge in [0.15, 0.2) is 5.16 Å². The molecule has 1 saturated heterocycles. The zero-order valence-electron chi connectivity index (χ0n) is 11.6. The molecule has 20 heavy (non-hydrogen) atoms. The van der Waals surface area contributed by atoms with E-state index in [-0.39, 0.29) is 0 Å². The van der Waals surface area contributed by atoms with Gasteiger partial charge in [-0.2, -0.15) is 0 Å². The van der Waals surface area contributed by atoms with E-state index in [0.29, 0.717) is 0 Å². The molecule has 1 aliphatic rings. The maximum absolute atomic E-state index is 5.35. The van der Waals surface area contributed by atoms with Gasteiger partial charge in [-0.3, -0.25) is 4.90 Å². The molecule has 1 aromatic heterocycles. The molecule has 2 aromatic rings. The van der Waals surface area contributed by atoms with E-state index in [9.17, 15) is 0 Å². The minimum absolute atomic E-state index is 0.853. The summed E-state index contributed by atoms with van der Waals surface area (Å²) in [6, 6.07) is 5.90. The summed E-state index contributed by atoms with van der Waals surface area (Å²) in [5, 5.41) is 0.974. The summed E-state index contributed by atoms with van der Waals surface area (Å²) in [5.74, 6) is 1.89. The fourth-order valence-corrected chi connectivity index (χ4v) is 3.14. The van der Waals surface area contributed by atoms with Gasteiger partial charge in [-0.25, -0.2) is 4.98 Å². The molecule has 0 amide bonds. The average molecular weight is 293 g/mol. The first-order valence-electron chi connectivity index (χ1n) is 6.82. The van der Waals surface area contributed by atoms with Crippen molar-refractivity contribution in [3.05, 3.63) is 18.2 Å². The van der Waals surface area contributed by atoms with Crippen molar-refractivity contribution in [1.29, 1.82) is 0 Å². The van der Waals surface area contributed by atoms with Crippen LogP contribution in [0.2, 0.25) is 0 Å². The number of nitrogens with zero attached hydrogens (tertiary/aromatic N) is 2. The molecule has 0 aliphatic carbocycles. The quantitative estimate of drug-likeness (QED) is 0.855. The van der Waals surface area contributed by atoms with E-state index in [0.717, 1.165) is 60.5 Å². The van der Waals surface area contributed by atoms with Crippen LogP contribution in [0.1, 0.15) is 0 Å². The number of rotatable bonds is 5. The van der Waals surface area contributed by atoms with E-state index < -0.39 is 0 Å². The predicted molar refractivity (Wildman–Crippen MR) is 80.6 cm³/mol. The third-order valence-electron chi connectivity index (χ3n) is 3.42. The summed E-state index contributed by atoms with van der Waals surface area (Å²) in [6.45, 7) is 4.87. The lowest BCUT2D eigenvalue weighted by Gasteiger charge is -2.26. The SMILES string of the molecule is COc1ccc2nc(SCCN3CCOCC3)[nH]c2c1. The number of imidazole rings is 1. The number of H-pyrrole nitrogens is 1. The van der Waals surface area contributed by atoms with E-state index in [1.807, 2.05) is 18.2 Å². The Morgan fingerprint density at radius 3 is 3.05 bits per heavy atom. The first kappa shape index (κ1) is 13.7. The summed E-state index contributed by atoms with van der Waals surface area (Å²) in [4.78, 5) is 10.3. The molecular formula is C14H19N3O2S. The maximum Gasteiger partial charge on any atom is 0.166 e. The molecule has 0 unspecified atom stereocenters. The van der Waals surface area contributed by atoms with Crippen LogP contribution < -0.4 is 4.74 Å². The van der Waals surface area contributed by atoms with E-state index in [1.54, 1.807) is 18.9 Å². The van der Waals surface area contributed by atoms with Crippen LogP contribution in [0, 0.1) is 0 Å². The van der Waals surface area contributed by atoms with Gasteiger partial charge in [0.1, 0.15) is 5.75 Å². The molecule has 2 heterocycles. The molecule has 108 valence electrons. The van der Waals surface area contributed by atoms with Gasteiger partial charge in [0.25, 0.3) is 0 Å². The van der Waals surface area contributed by atoms with Crippen molar-refractivity contribution in [3.8, 4) is 5.75 Å². The number of aromatic nitrogens is 2. The Labute approximate surface area is 122 Å². The second kappa shape index (κ2) is 6.47. The highest BCUT2D eigenvalue weighted by Gasteiger charge is 2.10. The van der Waals surface area contributed by atoms with Gasteiger partial charge < -0.3 is 14.5 Å². The topological polar surface area (TPSA) is 50.4 Å². The summed E-state index contributed by atoms with van der Waals surface area (Å²) in [7, 11) is 1.68. The highest BCUT2D eigenvalue weighted by atomic mass is 32.2. The van der Waals surface area contributed by atoms with Crippen LogP contribution in [0.25, 0.3) is 11.0 Å². The van der Waals surface area contributed by atoms with Crippen molar-refractivity contribution in [2.45, 2.75) is 5.16 Å². The Balaban J connectivity index is 1.57. The molecule has 1 N–H and O–H groups in total. The minimum Gasteiger partial charge on any atom is -0.497 e. The molecule has 0 spiro atoms. The normalized spacial score (nSPS) is 16.6. The number of morpholine rings is 1. The lowest BCUT2D eigenvalue weighted by Crippen LogP contribution is -2.37. The zero-order chi connectivity index (χ0) is 13.8. The van der Waals surface area contributed by atoms with Crippen molar-refractivity contribution < 1.29 is 9.47 Å². The molecule has 6 heteroatoms. The van der Waals surface area contributed by atoms with Crippen LogP contribution in [0.15, 0.2) is 23.4 Å². The van der Waals surface area contributed by atoms with Crippen molar-refractivity contribution in [2.75, 3.05) is 45.7 Å². The van der Waals surface area contributed by atoms with E-state index in [1.165, 1.54) is 0 Å². The van der Waals surface area contributed by atoms with Gasteiger partial charge in [0.05, 0.1) is 31.4 Å². The van der Waals surface area contributed by atoms with Gasteiger partial charge in [0, 0.05) is 31.5 Å². The summed E-state index contributed by atoms with van der Waals surface area (Å²) in [6.07, 6.45) is 0. The van der Waals surface area contributed by atoms with Crippen LogP contribution in [0.3, 0.4) is 0 Å². The number of thioether (sulfide) groups is 1. The first-order valence-corrected chi connectivity index (χ1v) is 7.80. The van der Waals surface area contributed by atoms with E-state index in [4.69, 9.17) is 9.47 Å². The Morgan fingerprint density at radius 1 is 1.40 bits per heavy atom. The third kappa shape index (κ3) is 3.26. The van der Waals surface area contributed by atoms with Gasteiger partial charge in [0.2, 0.25) is 0 Å².